The minimum Gasteiger partial charge on any atom is -0.465 e. The topological polar surface area (TPSA) is 44.8 Å². The standard InChI is InChI=1S/C14H29N3O2/c1-5-7-13(14(18)19-6-2)15-10-12-11-16(3)8-9-17(12)4/h12-13,15H,5-11H2,1-4H3. The fraction of sp³-hybridized carbons (Fsp3) is 0.929. The second-order valence-electron chi connectivity index (χ2n) is 5.40. The van der Waals surface area contributed by atoms with Crippen molar-refractivity contribution >= 4 is 5.97 Å². The SMILES string of the molecule is CCCC(NCC1CN(C)CCN1C)C(=O)OCC. The molecule has 0 aromatic rings. The quantitative estimate of drug-likeness (QED) is 0.685. The maximum atomic E-state index is 11.8. The van der Waals surface area contributed by atoms with Gasteiger partial charge in [-0.05, 0) is 27.4 Å². The number of carbonyl (C=O) groups excluding carboxylic acids is 1. The van der Waals surface area contributed by atoms with Crippen LogP contribution in [0.3, 0.4) is 0 Å². The highest BCUT2D eigenvalue weighted by molar-refractivity contribution is 5.75. The Morgan fingerprint density at radius 3 is 2.74 bits per heavy atom. The molecule has 112 valence electrons. The molecule has 19 heavy (non-hydrogen) atoms. The molecule has 0 aromatic heterocycles. The Bertz CT molecular complexity index is 273. The molecule has 0 amide bonds. The molecule has 0 spiro atoms. The van der Waals surface area contributed by atoms with Crippen molar-refractivity contribution < 1.29 is 9.53 Å². The first kappa shape index (κ1) is 16.4. The summed E-state index contributed by atoms with van der Waals surface area (Å²) in [5, 5.41) is 3.38. The second-order valence-corrected chi connectivity index (χ2v) is 5.40. The van der Waals surface area contributed by atoms with Gasteiger partial charge in [0.15, 0.2) is 0 Å². The molecule has 0 radical (unpaired) electrons. The van der Waals surface area contributed by atoms with E-state index >= 15 is 0 Å². The van der Waals surface area contributed by atoms with Crippen LogP contribution in [0.1, 0.15) is 26.7 Å². The van der Waals surface area contributed by atoms with Gasteiger partial charge in [0.2, 0.25) is 0 Å². The Balaban J connectivity index is 2.43. The predicted molar refractivity (Wildman–Crippen MR) is 77.2 cm³/mol. The van der Waals surface area contributed by atoms with Crippen molar-refractivity contribution in [2.75, 3.05) is 46.9 Å². The fourth-order valence-electron chi connectivity index (χ4n) is 2.43. The lowest BCUT2D eigenvalue weighted by Crippen LogP contribution is -2.55. The predicted octanol–water partition coefficient (Wildman–Crippen LogP) is 0.554. The lowest BCUT2D eigenvalue weighted by Gasteiger charge is -2.38. The first-order valence-corrected chi connectivity index (χ1v) is 7.37. The Hall–Kier alpha value is -0.650. The van der Waals surface area contributed by atoms with Gasteiger partial charge in [0.1, 0.15) is 6.04 Å². The van der Waals surface area contributed by atoms with Gasteiger partial charge in [-0.25, -0.2) is 0 Å². The van der Waals surface area contributed by atoms with Gasteiger partial charge < -0.3 is 15.0 Å². The van der Waals surface area contributed by atoms with Gasteiger partial charge in [-0.15, -0.1) is 0 Å². The first-order valence-electron chi connectivity index (χ1n) is 7.37. The average Bonchev–Trinajstić information content (AvgIpc) is 2.38. The van der Waals surface area contributed by atoms with Crippen LogP contribution in [0.15, 0.2) is 0 Å². The molecule has 1 heterocycles. The smallest absolute Gasteiger partial charge is 0.323 e. The summed E-state index contributed by atoms with van der Waals surface area (Å²) in [4.78, 5) is 16.5. The van der Waals surface area contributed by atoms with Crippen LogP contribution in [-0.2, 0) is 9.53 Å². The average molecular weight is 271 g/mol. The first-order chi connectivity index (χ1) is 9.08. The minimum atomic E-state index is -0.161. The molecule has 0 aliphatic carbocycles. The maximum Gasteiger partial charge on any atom is 0.323 e. The number of hydrogen-bond acceptors (Lipinski definition) is 5. The molecular formula is C14H29N3O2. The molecule has 0 saturated carbocycles. The third-order valence-electron chi connectivity index (χ3n) is 3.73. The zero-order valence-corrected chi connectivity index (χ0v) is 12.8. The maximum absolute atomic E-state index is 11.8. The molecule has 5 nitrogen and oxygen atoms in total. The number of carbonyl (C=O) groups is 1. The number of ether oxygens (including phenoxy) is 1. The van der Waals surface area contributed by atoms with Crippen LogP contribution in [0.4, 0.5) is 0 Å². The van der Waals surface area contributed by atoms with Crippen LogP contribution in [-0.4, -0.2) is 74.7 Å². The van der Waals surface area contributed by atoms with Gasteiger partial charge in [-0.3, -0.25) is 9.69 Å². The Kier molecular flexibility index (Phi) is 7.34. The summed E-state index contributed by atoms with van der Waals surface area (Å²) >= 11 is 0. The highest BCUT2D eigenvalue weighted by Crippen LogP contribution is 2.06. The van der Waals surface area contributed by atoms with E-state index < -0.39 is 0 Å². The molecule has 1 rings (SSSR count). The van der Waals surface area contributed by atoms with Gasteiger partial charge in [0, 0.05) is 32.2 Å². The molecule has 0 bridgehead atoms. The molecule has 1 fully saturated rings. The highest BCUT2D eigenvalue weighted by Gasteiger charge is 2.25. The van der Waals surface area contributed by atoms with Crippen LogP contribution in [0.25, 0.3) is 0 Å². The van der Waals surface area contributed by atoms with Crippen molar-refractivity contribution in [2.24, 2.45) is 0 Å². The zero-order chi connectivity index (χ0) is 14.3. The summed E-state index contributed by atoms with van der Waals surface area (Å²) in [6.07, 6.45) is 1.82. The van der Waals surface area contributed by atoms with E-state index in [9.17, 15) is 4.79 Å². The van der Waals surface area contributed by atoms with Crippen molar-refractivity contribution in [1.82, 2.24) is 15.1 Å². The third kappa shape index (κ3) is 5.47. The molecule has 2 atom stereocenters. The summed E-state index contributed by atoms with van der Waals surface area (Å²) in [5.41, 5.74) is 0. The monoisotopic (exact) mass is 271 g/mol. The fourth-order valence-corrected chi connectivity index (χ4v) is 2.43. The summed E-state index contributed by atoms with van der Waals surface area (Å²) in [7, 11) is 4.30. The Morgan fingerprint density at radius 1 is 1.37 bits per heavy atom. The lowest BCUT2D eigenvalue weighted by molar-refractivity contribution is -0.145. The van der Waals surface area contributed by atoms with Crippen LogP contribution in [0, 0.1) is 0 Å². The third-order valence-corrected chi connectivity index (χ3v) is 3.73. The van der Waals surface area contributed by atoms with Gasteiger partial charge >= 0.3 is 5.97 Å². The molecule has 1 saturated heterocycles. The van der Waals surface area contributed by atoms with Gasteiger partial charge in [0.25, 0.3) is 0 Å². The summed E-state index contributed by atoms with van der Waals surface area (Å²) < 4.78 is 5.12. The largest absolute Gasteiger partial charge is 0.465 e. The highest BCUT2D eigenvalue weighted by atomic mass is 16.5. The number of esters is 1. The second kappa shape index (κ2) is 8.51. The van der Waals surface area contributed by atoms with E-state index in [1.807, 2.05) is 6.92 Å². The van der Waals surface area contributed by atoms with E-state index in [1.165, 1.54) is 0 Å². The molecule has 1 aliphatic heterocycles. The van der Waals surface area contributed by atoms with E-state index in [1.54, 1.807) is 0 Å². The van der Waals surface area contributed by atoms with Crippen molar-refractivity contribution in [3.05, 3.63) is 0 Å². The molecule has 2 unspecified atom stereocenters. The summed E-state index contributed by atoms with van der Waals surface area (Å²) in [6, 6.07) is 0.304. The van der Waals surface area contributed by atoms with Crippen LogP contribution >= 0.6 is 0 Å². The number of nitrogens with one attached hydrogen (secondary N) is 1. The van der Waals surface area contributed by atoms with Crippen LogP contribution in [0.5, 0.6) is 0 Å². The molecule has 0 aromatic carbocycles. The Morgan fingerprint density at radius 2 is 2.11 bits per heavy atom. The number of likely N-dealkylation sites (N-methyl/N-ethyl adjacent to an activating group) is 2. The van der Waals surface area contributed by atoms with Gasteiger partial charge in [0.05, 0.1) is 6.61 Å². The lowest BCUT2D eigenvalue weighted by atomic mass is 10.1. The normalized spacial score (nSPS) is 23.3. The molecule has 5 heteroatoms. The summed E-state index contributed by atoms with van der Waals surface area (Å²) in [5.74, 6) is -0.115. The Labute approximate surface area is 117 Å². The molecular weight excluding hydrogens is 242 g/mol. The van der Waals surface area contributed by atoms with E-state index in [0.29, 0.717) is 12.6 Å². The van der Waals surface area contributed by atoms with Gasteiger partial charge in [-0.1, -0.05) is 13.3 Å². The van der Waals surface area contributed by atoms with E-state index in [-0.39, 0.29) is 12.0 Å². The van der Waals surface area contributed by atoms with E-state index in [0.717, 1.165) is 39.0 Å². The van der Waals surface area contributed by atoms with Crippen molar-refractivity contribution in [2.45, 2.75) is 38.8 Å². The number of rotatable bonds is 7. The van der Waals surface area contributed by atoms with Gasteiger partial charge in [-0.2, -0.15) is 0 Å². The molecule has 1 N–H and O–H groups in total. The minimum absolute atomic E-state index is 0.115. The number of hydrogen-bond donors (Lipinski definition) is 1. The van der Waals surface area contributed by atoms with Crippen molar-refractivity contribution in [1.29, 1.82) is 0 Å². The number of piperazine rings is 1. The van der Waals surface area contributed by atoms with Crippen LogP contribution < -0.4 is 5.32 Å². The van der Waals surface area contributed by atoms with E-state index in [4.69, 9.17) is 4.74 Å². The van der Waals surface area contributed by atoms with Crippen molar-refractivity contribution in [3.63, 3.8) is 0 Å². The summed E-state index contributed by atoms with van der Waals surface area (Å²) in [6.45, 7) is 8.48. The van der Waals surface area contributed by atoms with Crippen LogP contribution in [0.2, 0.25) is 0 Å². The number of nitrogens with zero attached hydrogens (tertiary/aromatic N) is 2. The zero-order valence-electron chi connectivity index (χ0n) is 12.8. The van der Waals surface area contributed by atoms with Crippen molar-refractivity contribution in [3.8, 4) is 0 Å². The molecule has 1 aliphatic rings. The van der Waals surface area contributed by atoms with E-state index in [2.05, 4.69) is 36.1 Å².